The van der Waals surface area contributed by atoms with E-state index in [0.29, 0.717) is 50.5 Å². The number of methoxy groups -OCH3 is 2. The number of carbonyl (C=O) groups excluding carboxylic acids is 3. The summed E-state index contributed by atoms with van der Waals surface area (Å²) in [7, 11) is 2.72. The van der Waals surface area contributed by atoms with E-state index in [4.69, 9.17) is 9.47 Å². The minimum atomic E-state index is -0.384. The lowest BCUT2D eigenvalue weighted by atomic mass is 10.1. The maximum atomic E-state index is 13.0. The van der Waals surface area contributed by atoms with Gasteiger partial charge < -0.3 is 24.4 Å². The highest BCUT2D eigenvalue weighted by Crippen LogP contribution is 2.19. The molecule has 0 spiro atoms. The summed E-state index contributed by atoms with van der Waals surface area (Å²) in [6.45, 7) is 3.28. The van der Waals surface area contributed by atoms with Gasteiger partial charge in [-0.05, 0) is 59.7 Å². The zero-order chi connectivity index (χ0) is 31.1. The summed E-state index contributed by atoms with van der Waals surface area (Å²) in [5.74, 6) is -0.702. The number of pyridine rings is 2. The topological polar surface area (TPSA) is 123 Å². The van der Waals surface area contributed by atoms with E-state index in [0.717, 1.165) is 22.5 Å². The van der Waals surface area contributed by atoms with Gasteiger partial charge >= 0.3 is 18.0 Å². The number of rotatable bonds is 8. The van der Waals surface area contributed by atoms with Crippen LogP contribution in [0.1, 0.15) is 31.8 Å². The van der Waals surface area contributed by atoms with E-state index in [1.165, 1.54) is 14.2 Å². The van der Waals surface area contributed by atoms with Gasteiger partial charge in [-0.15, -0.1) is 0 Å². The van der Waals surface area contributed by atoms with Crippen molar-refractivity contribution in [3.63, 3.8) is 0 Å². The third-order valence-electron chi connectivity index (χ3n) is 6.72. The van der Waals surface area contributed by atoms with E-state index in [2.05, 4.69) is 20.0 Å². The molecule has 0 saturated carbocycles. The molecule has 0 atom stereocenters. The predicted octanol–water partition coefficient (Wildman–Crippen LogP) is 4.81. The third kappa shape index (κ3) is 9.10. The van der Waals surface area contributed by atoms with Gasteiger partial charge in [0, 0.05) is 38.2 Å². The van der Waals surface area contributed by atoms with Crippen molar-refractivity contribution in [3.05, 3.63) is 120 Å². The number of benzene rings is 2. The minimum Gasteiger partial charge on any atom is -0.465 e. The standard InChI is InChI=1S/C19H21N3O4.C14H14N2O2/c1-25-18(23)16-6-4-15(5-7-16)14-22(17-3-2-8-20-13-17)19(24)21-9-11-26-12-10-21;1-18-14(17)12-6-4-11(5-7-12)9-16-13-3-2-8-15-10-13/h2-8,13H,9-12,14H2,1H3;2-8,10,16H,9H2,1H3. The highest BCUT2D eigenvalue weighted by molar-refractivity contribution is 5.92. The van der Waals surface area contributed by atoms with Crippen LogP contribution in [-0.2, 0) is 27.3 Å². The summed E-state index contributed by atoms with van der Waals surface area (Å²) >= 11 is 0. The molecule has 2 aromatic heterocycles. The lowest BCUT2D eigenvalue weighted by Gasteiger charge is -2.33. The monoisotopic (exact) mass is 597 g/mol. The number of esters is 2. The Balaban J connectivity index is 0.000000215. The van der Waals surface area contributed by atoms with Gasteiger partial charge in [0.2, 0.25) is 0 Å². The first kappa shape index (κ1) is 31.6. The lowest BCUT2D eigenvalue weighted by molar-refractivity contribution is 0.0548. The van der Waals surface area contributed by atoms with Crippen LogP contribution in [-0.4, -0.2) is 73.4 Å². The number of anilines is 2. The van der Waals surface area contributed by atoms with Gasteiger partial charge in [0.15, 0.2) is 0 Å². The van der Waals surface area contributed by atoms with Crippen LogP contribution in [0.4, 0.5) is 16.2 Å². The first-order valence-corrected chi connectivity index (χ1v) is 14.0. The molecule has 1 aliphatic rings. The molecule has 11 nitrogen and oxygen atoms in total. The van der Waals surface area contributed by atoms with Crippen LogP contribution in [0.15, 0.2) is 97.6 Å². The molecule has 1 fully saturated rings. The van der Waals surface area contributed by atoms with Crippen molar-refractivity contribution in [2.45, 2.75) is 13.1 Å². The predicted molar refractivity (Wildman–Crippen MR) is 165 cm³/mol. The number of hydrogen-bond acceptors (Lipinski definition) is 9. The zero-order valence-corrected chi connectivity index (χ0v) is 24.7. The average molecular weight is 598 g/mol. The minimum absolute atomic E-state index is 0.0849. The van der Waals surface area contributed by atoms with Crippen LogP contribution >= 0.6 is 0 Å². The summed E-state index contributed by atoms with van der Waals surface area (Å²) in [4.78, 5) is 47.5. The molecule has 0 aliphatic carbocycles. The molecule has 1 saturated heterocycles. The molecule has 4 aromatic rings. The first-order valence-electron chi connectivity index (χ1n) is 14.0. The van der Waals surface area contributed by atoms with E-state index in [1.807, 2.05) is 42.5 Å². The highest BCUT2D eigenvalue weighted by atomic mass is 16.5. The van der Waals surface area contributed by atoms with Crippen molar-refractivity contribution >= 4 is 29.3 Å². The Kier molecular flexibility index (Phi) is 11.8. The first-order chi connectivity index (χ1) is 21.5. The molecule has 2 aromatic carbocycles. The fraction of sp³-hybridized carbons (Fsp3) is 0.242. The molecule has 1 N–H and O–H groups in total. The lowest BCUT2D eigenvalue weighted by Crippen LogP contribution is -2.48. The van der Waals surface area contributed by atoms with Gasteiger partial charge in [0.1, 0.15) is 0 Å². The van der Waals surface area contributed by atoms with Crippen molar-refractivity contribution in [2.24, 2.45) is 0 Å². The quantitative estimate of drug-likeness (QED) is 0.285. The average Bonchev–Trinajstić information content (AvgIpc) is 3.10. The molecule has 5 rings (SSSR count). The molecule has 3 heterocycles. The van der Waals surface area contributed by atoms with Gasteiger partial charge in [0.25, 0.3) is 0 Å². The highest BCUT2D eigenvalue weighted by Gasteiger charge is 2.24. The van der Waals surface area contributed by atoms with E-state index in [-0.39, 0.29) is 18.0 Å². The number of hydrogen-bond donors (Lipinski definition) is 1. The third-order valence-corrected chi connectivity index (χ3v) is 6.72. The smallest absolute Gasteiger partial charge is 0.337 e. The molecule has 0 bridgehead atoms. The number of morpholine rings is 1. The normalized spacial score (nSPS) is 12.3. The fourth-order valence-electron chi connectivity index (χ4n) is 4.30. The van der Waals surface area contributed by atoms with Gasteiger partial charge in [-0.2, -0.15) is 0 Å². The van der Waals surface area contributed by atoms with Crippen molar-refractivity contribution in [1.29, 1.82) is 0 Å². The molecule has 1 aliphatic heterocycles. The molecule has 44 heavy (non-hydrogen) atoms. The Bertz CT molecular complexity index is 1480. The van der Waals surface area contributed by atoms with Crippen LogP contribution in [0.5, 0.6) is 0 Å². The number of carbonyl (C=O) groups is 3. The second-order valence-electron chi connectivity index (χ2n) is 9.65. The van der Waals surface area contributed by atoms with E-state index in [1.54, 1.807) is 64.9 Å². The maximum Gasteiger partial charge on any atom is 0.337 e. The number of urea groups is 1. The Labute approximate surface area is 256 Å². The number of nitrogens with zero attached hydrogens (tertiary/aromatic N) is 4. The molecular weight excluding hydrogens is 562 g/mol. The van der Waals surface area contributed by atoms with E-state index >= 15 is 0 Å². The van der Waals surface area contributed by atoms with Crippen LogP contribution < -0.4 is 10.2 Å². The van der Waals surface area contributed by atoms with Crippen LogP contribution in [0.25, 0.3) is 0 Å². The van der Waals surface area contributed by atoms with Crippen molar-refractivity contribution in [3.8, 4) is 0 Å². The largest absolute Gasteiger partial charge is 0.465 e. The van der Waals surface area contributed by atoms with Crippen LogP contribution in [0.2, 0.25) is 0 Å². The van der Waals surface area contributed by atoms with E-state index in [9.17, 15) is 14.4 Å². The SMILES string of the molecule is COC(=O)c1ccc(CN(C(=O)N2CCOCC2)c2cccnc2)cc1.COC(=O)c1ccc(CNc2cccnc2)cc1. The number of ether oxygens (including phenoxy) is 3. The Morgan fingerprint density at radius 2 is 1.36 bits per heavy atom. The number of aromatic nitrogens is 2. The van der Waals surface area contributed by atoms with Gasteiger partial charge in [-0.25, -0.2) is 14.4 Å². The fourth-order valence-corrected chi connectivity index (χ4v) is 4.30. The van der Waals surface area contributed by atoms with Crippen molar-refractivity contribution < 1.29 is 28.6 Å². The summed E-state index contributed by atoms with van der Waals surface area (Å²) in [6.07, 6.45) is 6.84. The van der Waals surface area contributed by atoms with Gasteiger partial charge in [-0.3, -0.25) is 14.9 Å². The molecule has 11 heteroatoms. The van der Waals surface area contributed by atoms with Gasteiger partial charge in [-0.1, -0.05) is 24.3 Å². The summed E-state index contributed by atoms with van der Waals surface area (Å²) in [5, 5.41) is 3.24. The second kappa shape index (κ2) is 16.4. The number of nitrogens with one attached hydrogen (secondary N) is 1. The molecule has 0 radical (unpaired) electrons. The molecular formula is C33H35N5O6. The number of amides is 2. The second-order valence-corrected chi connectivity index (χ2v) is 9.65. The summed E-state index contributed by atoms with van der Waals surface area (Å²) in [6, 6.07) is 21.7. The maximum absolute atomic E-state index is 13.0. The Morgan fingerprint density at radius 3 is 1.89 bits per heavy atom. The molecule has 228 valence electrons. The zero-order valence-electron chi connectivity index (χ0n) is 24.7. The molecule has 2 amide bonds. The summed E-state index contributed by atoms with van der Waals surface area (Å²) < 4.78 is 14.7. The van der Waals surface area contributed by atoms with Crippen LogP contribution in [0, 0.1) is 0 Å². The van der Waals surface area contributed by atoms with Crippen molar-refractivity contribution in [2.75, 3.05) is 50.7 Å². The van der Waals surface area contributed by atoms with E-state index < -0.39 is 0 Å². The Morgan fingerprint density at radius 1 is 0.795 bits per heavy atom. The van der Waals surface area contributed by atoms with Gasteiger partial charge in [0.05, 0.1) is 62.7 Å². The van der Waals surface area contributed by atoms with Crippen molar-refractivity contribution in [1.82, 2.24) is 14.9 Å². The summed E-state index contributed by atoms with van der Waals surface area (Å²) in [5.41, 5.74) is 4.72. The van der Waals surface area contributed by atoms with Crippen LogP contribution in [0.3, 0.4) is 0 Å². The Hall–Kier alpha value is -5.29. The molecule has 0 unspecified atom stereocenters.